The van der Waals surface area contributed by atoms with Gasteiger partial charge in [0.1, 0.15) is 11.4 Å². The van der Waals surface area contributed by atoms with E-state index in [1.54, 1.807) is 0 Å². The first kappa shape index (κ1) is 31.6. The highest BCUT2D eigenvalue weighted by Crippen LogP contribution is 2.75. The summed E-state index contributed by atoms with van der Waals surface area (Å²) in [6.07, 6.45) is 13.2. The van der Waals surface area contributed by atoms with Crippen LogP contribution in [0, 0.1) is 50.2 Å². The van der Waals surface area contributed by atoms with Gasteiger partial charge in [-0.1, -0.05) is 54.0 Å². The largest absolute Gasteiger partial charge is 0.382 e. The zero-order valence-electron chi connectivity index (χ0n) is 28.7. The number of allylic oxidation sites excluding steroid dienone is 2. The number of aliphatic hydroxyl groups is 1. The first-order chi connectivity index (χ1) is 19.8. The number of nitrogens with zero attached hydrogens (tertiary/aromatic N) is 1. The molecule has 5 fully saturated rings. The number of hydrogen-bond donors (Lipinski definition) is 1. The molecule has 0 aromatic rings. The van der Waals surface area contributed by atoms with Crippen LogP contribution in [0.3, 0.4) is 0 Å². The van der Waals surface area contributed by atoms with E-state index >= 15 is 0 Å². The Hall–Kier alpha value is -1.33. The Morgan fingerprint density at radius 3 is 2.23 bits per heavy atom. The molecule has 1 heterocycles. The smallest absolute Gasteiger partial charge is 0.161 e. The normalized spacial score (nSPS) is 51.0. The summed E-state index contributed by atoms with van der Waals surface area (Å²) >= 11 is 0. The lowest BCUT2D eigenvalue weighted by Crippen LogP contribution is -2.69. The van der Waals surface area contributed by atoms with Gasteiger partial charge >= 0.3 is 0 Å². The molecule has 6 aliphatic rings. The molecule has 1 saturated heterocycles. The molecule has 0 radical (unpaired) electrons. The standard InChI is InChI=1S/C38H59NO4/c1-24(40)38(43)19-17-35(6)29(32(38,2)3)12-13-37(8)31(35)28(41)22-26-27-23-34(5,30(42)21-25-11-10-20-39(25)9)15-14-33(27,4)16-18-36(26,37)7/h22,25,27,29,31,43H,10-21,23H2,1-9H3/t25?,27-,29?,31?,33-,34+,35+,36-,37-,38-/m1/s1. The number of likely N-dealkylation sites (tertiary alicyclic amines) is 1. The van der Waals surface area contributed by atoms with Crippen LogP contribution in [-0.2, 0) is 14.4 Å². The van der Waals surface area contributed by atoms with E-state index in [0.29, 0.717) is 31.1 Å². The van der Waals surface area contributed by atoms with Crippen molar-refractivity contribution in [3.05, 3.63) is 11.6 Å². The lowest BCUT2D eigenvalue weighted by atomic mass is 9.32. The monoisotopic (exact) mass is 593 g/mol. The third kappa shape index (κ3) is 4.04. The molecule has 6 rings (SSSR count). The van der Waals surface area contributed by atoms with Gasteiger partial charge in [0, 0.05) is 29.2 Å². The molecular weight excluding hydrogens is 534 g/mol. The van der Waals surface area contributed by atoms with Gasteiger partial charge in [-0.2, -0.15) is 0 Å². The molecule has 10 atom stereocenters. The Balaban J connectivity index is 1.36. The Labute approximate surface area is 261 Å². The number of ketones is 3. The SMILES string of the molecule is CC(=O)[C@]1(O)CC[C@@]2(C)C(CC[C@]3(C)C2C(=O)C=C2[C@H]4C[C@@](C)(C(=O)CC5CCCN5C)CC[C@]4(C)CC[C@]23C)C1(C)C. The molecule has 0 bridgehead atoms. The van der Waals surface area contributed by atoms with Gasteiger partial charge < -0.3 is 10.0 Å². The van der Waals surface area contributed by atoms with Crippen LogP contribution in [0.4, 0.5) is 0 Å². The molecule has 0 amide bonds. The van der Waals surface area contributed by atoms with E-state index in [0.717, 1.165) is 57.9 Å². The highest BCUT2D eigenvalue weighted by atomic mass is 16.3. The molecular formula is C38H59NO4. The van der Waals surface area contributed by atoms with Gasteiger partial charge in [0.15, 0.2) is 11.6 Å². The van der Waals surface area contributed by atoms with E-state index in [-0.39, 0.29) is 56.4 Å². The highest BCUT2D eigenvalue weighted by Gasteiger charge is 2.72. The van der Waals surface area contributed by atoms with Crippen LogP contribution < -0.4 is 0 Å². The van der Waals surface area contributed by atoms with Crippen molar-refractivity contribution in [3.8, 4) is 0 Å². The van der Waals surface area contributed by atoms with Gasteiger partial charge in [-0.05, 0) is 131 Å². The molecule has 0 spiro atoms. The Kier molecular flexibility index (Phi) is 7.06. The van der Waals surface area contributed by atoms with E-state index < -0.39 is 11.0 Å². The highest BCUT2D eigenvalue weighted by molar-refractivity contribution is 5.96. The summed E-state index contributed by atoms with van der Waals surface area (Å²) in [6, 6.07) is 0.376. The summed E-state index contributed by atoms with van der Waals surface area (Å²) in [4.78, 5) is 43.8. The van der Waals surface area contributed by atoms with Crippen LogP contribution in [0.5, 0.6) is 0 Å². The lowest BCUT2D eigenvalue weighted by molar-refractivity contribution is -0.226. The molecule has 0 aromatic carbocycles. The second-order valence-electron chi connectivity index (χ2n) is 18.3. The van der Waals surface area contributed by atoms with Crippen molar-refractivity contribution in [2.75, 3.05) is 13.6 Å². The molecule has 5 heteroatoms. The number of carbonyl (C=O) groups is 3. The fourth-order valence-electron chi connectivity index (χ4n) is 12.7. The van der Waals surface area contributed by atoms with E-state index in [9.17, 15) is 19.5 Å². The molecule has 3 unspecified atom stereocenters. The van der Waals surface area contributed by atoms with Crippen molar-refractivity contribution in [1.29, 1.82) is 0 Å². The Morgan fingerprint density at radius 2 is 1.60 bits per heavy atom. The van der Waals surface area contributed by atoms with Gasteiger partial charge in [0.05, 0.1) is 0 Å². The average molecular weight is 594 g/mol. The van der Waals surface area contributed by atoms with Crippen LogP contribution in [0.1, 0.15) is 132 Å². The summed E-state index contributed by atoms with van der Waals surface area (Å²) in [5.74, 6) is 0.791. The molecule has 1 N–H and O–H groups in total. The molecule has 240 valence electrons. The van der Waals surface area contributed by atoms with Crippen molar-refractivity contribution in [2.24, 2.45) is 50.2 Å². The van der Waals surface area contributed by atoms with Crippen LogP contribution in [0.25, 0.3) is 0 Å². The zero-order valence-corrected chi connectivity index (χ0v) is 28.7. The second-order valence-corrected chi connectivity index (χ2v) is 18.3. The summed E-state index contributed by atoms with van der Waals surface area (Å²) in [7, 11) is 2.16. The van der Waals surface area contributed by atoms with Crippen molar-refractivity contribution >= 4 is 17.3 Å². The average Bonchev–Trinajstić information content (AvgIpc) is 3.32. The Bertz CT molecular complexity index is 1270. The zero-order chi connectivity index (χ0) is 31.6. The first-order valence-electron chi connectivity index (χ1n) is 17.5. The minimum atomic E-state index is -1.34. The van der Waals surface area contributed by atoms with Crippen LogP contribution in [-0.4, -0.2) is 52.6 Å². The van der Waals surface area contributed by atoms with Crippen molar-refractivity contribution in [2.45, 2.75) is 144 Å². The number of Topliss-reactive ketones (excluding diaryl/α,β-unsaturated/α-hetero) is 2. The minimum absolute atomic E-state index is 0.0985. The van der Waals surface area contributed by atoms with Gasteiger partial charge in [-0.3, -0.25) is 14.4 Å². The maximum atomic E-state index is 14.7. The number of rotatable bonds is 4. The maximum Gasteiger partial charge on any atom is 0.161 e. The Morgan fingerprint density at radius 1 is 0.930 bits per heavy atom. The van der Waals surface area contributed by atoms with Crippen molar-refractivity contribution in [3.63, 3.8) is 0 Å². The van der Waals surface area contributed by atoms with Gasteiger partial charge in [0.25, 0.3) is 0 Å². The minimum Gasteiger partial charge on any atom is -0.382 e. The molecule has 5 aliphatic carbocycles. The topological polar surface area (TPSA) is 74.7 Å². The van der Waals surface area contributed by atoms with Gasteiger partial charge in [0.2, 0.25) is 0 Å². The summed E-state index contributed by atoms with van der Waals surface area (Å²) in [5, 5.41) is 11.7. The van der Waals surface area contributed by atoms with Crippen molar-refractivity contribution in [1.82, 2.24) is 4.90 Å². The van der Waals surface area contributed by atoms with Gasteiger partial charge in [-0.15, -0.1) is 0 Å². The molecule has 0 aromatic heterocycles. The summed E-state index contributed by atoms with van der Waals surface area (Å²) in [6.45, 7) is 18.6. The molecule has 5 nitrogen and oxygen atoms in total. The first-order valence-corrected chi connectivity index (χ1v) is 17.5. The molecule has 1 aliphatic heterocycles. The van der Waals surface area contributed by atoms with Crippen LogP contribution in [0.2, 0.25) is 0 Å². The number of fused-ring (bicyclic) bond motifs is 7. The van der Waals surface area contributed by atoms with E-state index in [1.165, 1.54) is 18.9 Å². The van der Waals surface area contributed by atoms with Crippen LogP contribution >= 0.6 is 0 Å². The quantitative estimate of drug-likeness (QED) is 0.369. The molecule has 4 saturated carbocycles. The fourth-order valence-corrected chi connectivity index (χ4v) is 12.7. The summed E-state index contributed by atoms with van der Waals surface area (Å²) in [5.41, 5.74) is -1.35. The predicted octanol–water partition coefficient (Wildman–Crippen LogP) is 7.34. The van der Waals surface area contributed by atoms with Crippen molar-refractivity contribution < 1.29 is 19.5 Å². The number of carbonyl (C=O) groups excluding carboxylic acids is 3. The molecule has 43 heavy (non-hydrogen) atoms. The number of hydrogen-bond acceptors (Lipinski definition) is 5. The van der Waals surface area contributed by atoms with E-state index in [4.69, 9.17) is 0 Å². The second kappa shape index (κ2) is 9.60. The van der Waals surface area contributed by atoms with Crippen LogP contribution in [0.15, 0.2) is 11.6 Å². The van der Waals surface area contributed by atoms with Gasteiger partial charge in [-0.25, -0.2) is 0 Å². The fraction of sp³-hybridized carbons (Fsp3) is 0.868. The van der Waals surface area contributed by atoms with E-state index in [1.807, 2.05) is 0 Å². The third-order valence-electron chi connectivity index (χ3n) is 16.2. The summed E-state index contributed by atoms with van der Waals surface area (Å²) < 4.78 is 0. The third-order valence-corrected chi connectivity index (χ3v) is 16.2. The lowest BCUT2D eigenvalue weighted by Gasteiger charge is -2.71. The van der Waals surface area contributed by atoms with E-state index in [2.05, 4.69) is 66.5 Å². The predicted molar refractivity (Wildman–Crippen MR) is 170 cm³/mol. The maximum absolute atomic E-state index is 14.7.